The summed E-state index contributed by atoms with van der Waals surface area (Å²) in [7, 11) is 0. The summed E-state index contributed by atoms with van der Waals surface area (Å²) < 4.78 is 2.52. The minimum Gasteiger partial charge on any atom is -0.384 e. The predicted molar refractivity (Wildman–Crippen MR) is 197 cm³/mol. The van der Waals surface area contributed by atoms with E-state index in [4.69, 9.17) is 0 Å². The van der Waals surface area contributed by atoms with Gasteiger partial charge in [0.2, 0.25) is 0 Å². The average Bonchev–Trinajstić information content (AvgIpc) is 3.17. The number of aryl methyl sites for hydroxylation is 1. The zero-order valence-corrected chi connectivity index (χ0v) is 27.3. The van der Waals surface area contributed by atoms with E-state index in [-0.39, 0.29) is 0 Å². The van der Waals surface area contributed by atoms with Gasteiger partial charge >= 0.3 is 0 Å². The van der Waals surface area contributed by atoms with Crippen LogP contribution in [0.3, 0.4) is 0 Å². The Bertz CT molecular complexity index is 2070. The summed E-state index contributed by atoms with van der Waals surface area (Å²) in [6.45, 7) is 11.8. The summed E-state index contributed by atoms with van der Waals surface area (Å²) in [5, 5.41) is 10.3. The molecule has 2 heteroatoms. The third-order valence-corrected chi connectivity index (χ3v) is 8.95. The molecule has 0 amide bonds. The van der Waals surface area contributed by atoms with Crippen molar-refractivity contribution < 1.29 is 0 Å². The smallest absolute Gasteiger partial charge is 0.0569 e. The van der Waals surface area contributed by atoms with Crippen molar-refractivity contribution in [2.24, 2.45) is 0 Å². The quantitative estimate of drug-likeness (QED) is 0.169. The van der Waals surface area contributed by atoms with Crippen LogP contribution in [0.5, 0.6) is 0 Å². The van der Waals surface area contributed by atoms with Crippen LogP contribution in [0.15, 0.2) is 132 Å². The van der Waals surface area contributed by atoms with E-state index in [1.54, 1.807) is 0 Å². The first kappa shape index (κ1) is 30.2. The van der Waals surface area contributed by atoms with Gasteiger partial charge in [-0.2, -0.15) is 0 Å². The van der Waals surface area contributed by atoms with Gasteiger partial charge in [-0.1, -0.05) is 117 Å². The van der Waals surface area contributed by atoms with Gasteiger partial charge in [-0.3, -0.25) is 0 Å². The number of aromatic nitrogens is 1. The highest BCUT2D eigenvalue weighted by Gasteiger charge is 2.21. The lowest BCUT2D eigenvalue weighted by molar-refractivity contribution is 0.808. The topological polar surface area (TPSA) is 17.0 Å². The van der Waals surface area contributed by atoms with E-state index in [2.05, 4.69) is 166 Å². The van der Waals surface area contributed by atoms with E-state index >= 15 is 0 Å². The molecule has 0 aliphatic heterocycles. The highest BCUT2D eigenvalue weighted by Crippen LogP contribution is 2.39. The number of benzene rings is 4. The number of hydrogen-bond acceptors (Lipinski definition) is 1. The molecule has 1 heterocycles. The molecule has 4 aromatic carbocycles. The van der Waals surface area contributed by atoms with Gasteiger partial charge in [0.05, 0.1) is 16.9 Å². The van der Waals surface area contributed by atoms with Crippen molar-refractivity contribution in [3.05, 3.63) is 155 Å². The minimum absolute atomic E-state index is 0.758. The second-order valence-electron chi connectivity index (χ2n) is 12.0. The molecule has 1 aliphatic rings. The van der Waals surface area contributed by atoms with Crippen LogP contribution in [0.4, 0.5) is 0 Å². The first-order chi connectivity index (χ1) is 22.0. The Balaban J connectivity index is 1.49. The molecule has 0 atom stereocenters. The van der Waals surface area contributed by atoms with Crippen LogP contribution < -0.4 is 5.32 Å². The lowest BCUT2D eigenvalue weighted by Crippen LogP contribution is -2.14. The number of allylic oxidation sites excluding steroid dienone is 11. The maximum Gasteiger partial charge on any atom is 0.0569 e. The SMILES string of the molecule is CC\C=C/C=C\C(=C(/C)NCc1cc(C)c(-n2c3c(c4cc5ccccc5cc42)CC=CC=C3)c2ccccc12)C(\C)=C\CC. The molecule has 1 N–H and O–H groups in total. The van der Waals surface area contributed by atoms with Crippen molar-refractivity contribution in [1.29, 1.82) is 0 Å². The van der Waals surface area contributed by atoms with Gasteiger partial charge in [0, 0.05) is 23.0 Å². The molecule has 0 radical (unpaired) electrons. The highest BCUT2D eigenvalue weighted by atomic mass is 15.0. The van der Waals surface area contributed by atoms with Crippen molar-refractivity contribution in [3.8, 4) is 5.69 Å². The van der Waals surface area contributed by atoms with Crippen LogP contribution in [0, 0.1) is 6.92 Å². The van der Waals surface area contributed by atoms with Crippen molar-refractivity contribution in [3.63, 3.8) is 0 Å². The molecular formula is C43H44N2. The van der Waals surface area contributed by atoms with Crippen LogP contribution in [0.2, 0.25) is 0 Å². The lowest BCUT2D eigenvalue weighted by atomic mass is 9.97. The minimum atomic E-state index is 0.758. The number of rotatable bonds is 9. The number of hydrogen-bond donors (Lipinski definition) is 1. The normalized spacial score (nSPS) is 14.2. The third-order valence-electron chi connectivity index (χ3n) is 8.95. The maximum absolute atomic E-state index is 3.80. The van der Waals surface area contributed by atoms with Gasteiger partial charge in [-0.25, -0.2) is 0 Å². The first-order valence-electron chi connectivity index (χ1n) is 16.4. The van der Waals surface area contributed by atoms with E-state index < -0.39 is 0 Å². The molecule has 0 spiro atoms. The lowest BCUT2D eigenvalue weighted by Gasteiger charge is -2.20. The second kappa shape index (κ2) is 13.4. The van der Waals surface area contributed by atoms with Crippen LogP contribution in [-0.2, 0) is 13.0 Å². The van der Waals surface area contributed by atoms with Gasteiger partial charge in [-0.05, 0) is 102 Å². The molecule has 226 valence electrons. The molecule has 0 saturated heterocycles. The predicted octanol–water partition coefficient (Wildman–Crippen LogP) is 11.6. The zero-order valence-electron chi connectivity index (χ0n) is 27.3. The van der Waals surface area contributed by atoms with Crippen LogP contribution in [-0.4, -0.2) is 4.57 Å². The molecule has 5 aromatic rings. The molecular weight excluding hydrogens is 544 g/mol. The molecule has 45 heavy (non-hydrogen) atoms. The zero-order chi connectivity index (χ0) is 31.3. The van der Waals surface area contributed by atoms with Crippen LogP contribution >= 0.6 is 0 Å². The molecule has 1 aliphatic carbocycles. The molecule has 0 unspecified atom stereocenters. The van der Waals surface area contributed by atoms with E-state index in [0.717, 1.165) is 25.8 Å². The van der Waals surface area contributed by atoms with Gasteiger partial charge in [0.25, 0.3) is 0 Å². The Morgan fingerprint density at radius 1 is 0.844 bits per heavy atom. The number of nitrogens with zero attached hydrogens (tertiary/aromatic N) is 1. The number of nitrogens with one attached hydrogen (secondary N) is 1. The average molecular weight is 589 g/mol. The fraction of sp³-hybridized carbons (Fsp3) is 0.209. The summed E-state index contributed by atoms with van der Waals surface area (Å²) in [5.74, 6) is 0. The Labute approximate surface area is 268 Å². The monoisotopic (exact) mass is 588 g/mol. The van der Waals surface area contributed by atoms with Gasteiger partial charge in [0.15, 0.2) is 0 Å². The van der Waals surface area contributed by atoms with Gasteiger partial charge in [0.1, 0.15) is 0 Å². The molecule has 1 aromatic heterocycles. The van der Waals surface area contributed by atoms with Gasteiger partial charge < -0.3 is 9.88 Å². The van der Waals surface area contributed by atoms with E-state index in [0.29, 0.717) is 0 Å². The van der Waals surface area contributed by atoms with Crippen molar-refractivity contribution in [2.75, 3.05) is 0 Å². The largest absolute Gasteiger partial charge is 0.384 e. The fourth-order valence-corrected chi connectivity index (χ4v) is 6.79. The third kappa shape index (κ3) is 5.98. The number of fused-ring (bicyclic) bond motifs is 5. The summed E-state index contributed by atoms with van der Waals surface area (Å²) >= 11 is 0. The van der Waals surface area contributed by atoms with E-state index in [1.165, 1.54) is 77.4 Å². The molecule has 2 nitrogen and oxygen atoms in total. The Morgan fingerprint density at radius 2 is 1.60 bits per heavy atom. The van der Waals surface area contributed by atoms with Gasteiger partial charge in [-0.15, -0.1) is 0 Å². The summed E-state index contributed by atoms with van der Waals surface area (Å²) in [6.07, 6.45) is 22.9. The molecule has 0 fully saturated rings. The molecule has 0 saturated carbocycles. The maximum atomic E-state index is 3.80. The Morgan fingerprint density at radius 3 is 2.38 bits per heavy atom. The highest BCUT2D eigenvalue weighted by molar-refractivity contribution is 6.04. The summed E-state index contributed by atoms with van der Waals surface area (Å²) in [6, 6.07) is 24.8. The van der Waals surface area contributed by atoms with Crippen molar-refractivity contribution >= 4 is 38.5 Å². The Kier molecular flexibility index (Phi) is 9.03. The van der Waals surface area contributed by atoms with E-state index in [9.17, 15) is 0 Å². The molecule has 6 rings (SSSR count). The van der Waals surface area contributed by atoms with Crippen LogP contribution in [0.1, 0.15) is 62.9 Å². The summed E-state index contributed by atoms with van der Waals surface area (Å²) in [4.78, 5) is 0. The molecule has 0 bridgehead atoms. The fourth-order valence-electron chi connectivity index (χ4n) is 6.79. The van der Waals surface area contributed by atoms with E-state index in [1.807, 2.05) is 0 Å². The van der Waals surface area contributed by atoms with Crippen LogP contribution in [0.25, 0.3) is 44.2 Å². The second-order valence-corrected chi connectivity index (χ2v) is 12.0. The Hall–Kier alpha value is -4.82. The first-order valence-corrected chi connectivity index (χ1v) is 16.4. The van der Waals surface area contributed by atoms with Crippen molar-refractivity contribution in [2.45, 2.75) is 60.4 Å². The summed E-state index contributed by atoms with van der Waals surface area (Å²) in [5.41, 5.74) is 11.5. The standard InChI is InChI=1S/C43H44N2/c1-6-8-9-11-21-36(30(3)18-7-2)32(5)44-29-35-26-31(4)43(39-24-17-16-22-37(35)39)45-41-25-13-10-12-23-38(41)40-27-33-19-14-15-20-34(33)28-42(40)45/h8-22,24-28,44H,6-7,23,29H2,1-5H3/b9-8-,21-11-,30-18+,36-32-. The van der Waals surface area contributed by atoms with Crippen molar-refractivity contribution in [1.82, 2.24) is 9.88 Å².